The molecule has 0 spiro atoms. The number of methoxy groups -OCH3 is 2. The van der Waals surface area contributed by atoms with Gasteiger partial charge in [-0.05, 0) is 48.7 Å². The minimum absolute atomic E-state index is 0.230. The number of benzene rings is 2. The third-order valence-corrected chi connectivity index (χ3v) is 4.65. The van der Waals surface area contributed by atoms with Gasteiger partial charge in [0.25, 0.3) is 5.91 Å². The highest BCUT2D eigenvalue weighted by atomic mass is 16.5. The Bertz CT molecular complexity index is 1000. The zero-order valence-corrected chi connectivity index (χ0v) is 17.1. The van der Waals surface area contributed by atoms with Crippen molar-refractivity contribution < 1.29 is 14.3 Å². The van der Waals surface area contributed by atoms with Gasteiger partial charge in [-0.1, -0.05) is 25.1 Å². The molecule has 0 saturated carbocycles. The number of anilines is 3. The average molecular weight is 391 g/mol. The Balaban J connectivity index is 1.73. The minimum atomic E-state index is -0.230. The van der Waals surface area contributed by atoms with Crippen LogP contribution in [-0.4, -0.2) is 25.1 Å². The van der Waals surface area contributed by atoms with Gasteiger partial charge in [-0.3, -0.25) is 4.79 Å². The number of rotatable bonds is 7. The van der Waals surface area contributed by atoms with E-state index in [0.29, 0.717) is 17.2 Å². The van der Waals surface area contributed by atoms with Gasteiger partial charge in [0.15, 0.2) is 11.5 Å². The summed E-state index contributed by atoms with van der Waals surface area (Å²) < 4.78 is 10.6. The van der Waals surface area contributed by atoms with Gasteiger partial charge in [-0.25, -0.2) is 4.98 Å². The quantitative estimate of drug-likeness (QED) is 0.595. The van der Waals surface area contributed by atoms with Crippen molar-refractivity contribution in [1.29, 1.82) is 0 Å². The third kappa shape index (κ3) is 4.66. The molecule has 3 rings (SSSR count). The van der Waals surface area contributed by atoms with E-state index in [1.165, 1.54) is 0 Å². The van der Waals surface area contributed by atoms with E-state index in [4.69, 9.17) is 9.47 Å². The molecule has 0 bridgehead atoms. The lowest BCUT2D eigenvalue weighted by Gasteiger charge is -2.13. The summed E-state index contributed by atoms with van der Waals surface area (Å²) in [6, 6.07) is 15.1. The predicted molar refractivity (Wildman–Crippen MR) is 116 cm³/mol. The first-order valence-corrected chi connectivity index (χ1v) is 9.40. The number of carbonyl (C=O) groups is 1. The Morgan fingerprint density at radius 1 is 1.00 bits per heavy atom. The molecule has 0 aliphatic heterocycles. The highest BCUT2D eigenvalue weighted by Crippen LogP contribution is 2.31. The molecular weight excluding hydrogens is 366 g/mol. The Labute approximate surface area is 170 Å². The van der Waals surface area contributed by atoms with Crippen LogP contribution in [0.5, 0.6) is 11.5 Å². The third-order valence-electron chi connectivity index (χ3n) is 4.65. The number of para-hydroxylation sites is 1. The average Bonchev–Trinajstić information content (AvgIpc) is 2.75. The second-order valence-electron chi connectivity index (χ2n) is 6.54. The largest absolute Gasteiger partial charge is 0.493 e. The van der Waals surface area contributed by atoms with Crippen LogP contribution in [0, 0.1) is 6.92 Å². The van der Waals surface area contributed by atoms with Crippen molar-refractivity contribution in [3.8, 4) is 11.5 Å². The van der Waals surface area contributed by atoms with E-state index in [1.807, 2.05) is 49.4 Å². The van der Waals surface area contributed by atoms with Gasteiger partial charge >= 0.3 is 0 Å². The van der Waals surface area contributed by atoms with Gasteiger partial charge in [0, 0.05) is 17.4 Å². The van der Waals surface area contributed by atoms with Crippen LogP contribution in [-0.2, 0) is 6.42 Å². The fourth-order valence-electron chi connectivity index (χ4n) is 3.06. The Hall–Kier alpha value is -3.54. The monoisotopic (exact) mass is 391 g/mol. The summed E-state index contributed by atoms with van der Waals surface area (Å²) in [5, 5.41) is 6.23. The first-order chi connectivity index (χ1) is 14.0. The molecule has 0 aliphatic carbocycles. The second kappa shape index (κ2) is 9.10. The summed E-state index contributed by atoms with van der Waals surface area (Å²) in [4.78, 5) is 16.9. The van der Waals surface area contributed by atoms with E-state index >= 15 is 0 Å². The number of hydrogen-bond donors (Lipinski definition) is 2. The maximum Gasteiger partial charge on any atom is 0.274 e. The standard InChI is InChI=1S/C23H25N3O3/c1-5-16-8-6-7-15(2)22(16)26-23(27)19-11-9-18(14-24-19)25-17-10-12-20(28-3)21(13-17)29-4/h6-14,25H,5H2,1-4H3,(H,26,27). The first kappa shape index (κ1) is 20.2. The summed E-state index contributed by atoms with van der Waals surface area (Å²) in [6.07, 6.45) is 2.48. The number of hydrogen-bond acceptors (Lipinski definition) is 5. The number of pyridine rings is 1. The topological polar surface area (TPSA) is 72.5 Å². The molecular formula is C23H25N3O3. The molecule has 2 N–H and O–H groups in total. The van der Waals surface area contributed by atoms with E-state index in [-0.39, 0.29) is 5.91 Å². The molecule has 0 aliphatic rings. The zero-order valence-electron chi connectivity index (χ0n) is 17.1. The highest BCUT2D eigenvalue weighted by molar-refractivity contribution is 6.03. The molecule has 0 unspecified atom stereocenters. The van der Waals surface area contributed by atoms with Crippen LogP contribution in [0.2, 0.25) is 0 Å². The summed E-state index contributed by atoms with van der Waals surface area (Å²) in [5.74, 6) is 1.06. The van der Waals surface area contributed by atoms with Gasteiger partial charge in [0.2, 0.25) is 0 Å². The molecule has 0 radical (unpaired) electrons. The van der Waals surface area contributed by atoms with E-state index in [2.05, 4.69) is 22.5 Å². The second-order valence-corrected chi connectivity index (χ2v) is 6.54. The lowest BCUT2D eigenvalue weighted by molar-refractivity contribution is 0.102. The molecule has 1 aromatic heterocycles. The molecule has 150 valence electrons. The Morgan fingerprint density at radius 3 is 2.41 bits per heavy atom. The fourth-order valence-corrected chi connectivity index (χ4v) is 3.06. The van der Waals surface area contributed by atoms with Crippen LogP contribution in [0.4, 0.5) is 17.1 Å². The number of carbonyl (C=O) groups excluding carboxylic acids is 1. The van der Waals surface area contributed by atoms with Crippen LogP contribution < -0.4 is 20.1 Å². The number of amides is 1. The van der Waals surface area contributed by atoms with Crippen molar-refractivity contribution in [1.82, 2.24) is 4.98 Å². The van der Waals surface area contributed by atoms with E-state index < -0.39 is 0 Å². The predicted octanol–water partition coefficient (Wildman–Crippen LogP) is 4.97. The summed E-state index contributed by atoms with van der Waals surface area (Å²) in [5.41, 5.74) is 4.94. The Kier molecular flexibility index (Phi) is 6.34. The van der Waals surface area contributed by atoms with Crippen molar-refractivity contribution in [2.24, 2.45) is 0 Å². The van der Waals surface area contributed by atoms with Crippen LogP contribution >= 0.6 is 0 Å². The van der Waals surface area contributed by atoms with Crippen molar-refractivity contribution in [2.45, 2.75) is 20.3 Å². The normalized spacial score (nSPS) is 10.3. The van der Waals surface area contributed by atoms with Gasteiger partial charge in [0.1, 0.15) is 5.69 Å². The maximum atomic E-state index is 12.6. The lowest BCUT2D eigenvalue weighted by atomic mass is 10.1. The minimum Gasteiger partial charge on any atom is -0.493 e. The summed E-state index contributed by atoms with van der Waals surface area (Å²) in [6.45, 7) is 4.05. The lowest BCUT2D eigenvalue weighted by Crippen LogP contribution is -2.15. The molecule has 0 saturated heterocycles. The fraction of sp³-hybridized carbons (Fsp3) is 0.217. The number of nitrogens with one attached hydrogen (secondary N) is 2. The van der Waals surface area contributed by atoms with Gasteiger partial charge in [0.05, 0.1) is 26.1 Å². The van der Waals surface area contributed by atoms with Crippen LogP contribution in [0.15, 0.2) is 54.7 Å². The molecule has 1 heterocycles. The first-order valence-electron chi connectivity index (χ1n) is 9.40. The molecule has 6 nitrogen and oxygen atoms in total. The molecule has 6 heteroatoms. The molecule has 0 fully saturated rings. The SMILES string of the molecule is CCc1cccc(C)c1NC(=O)c1ccc(Nc2ccc(OC)c(OC)c2)cn1. The zero-order chi connectivity index (χ0) is 20.8. The maximum absolute atomic E-state index is 12.6. The van der Waals surface area contributed by atoms with Gasteiger partial charge < -0.3 is 20.1 Å². The molecule has 0 atom stereocenters. The van der Waals surface area contributed by atoms with Crippen molar-refractivity contribution in [3.05, 3.63) is 71.5 Å². The molecule has 3 aromatic rings. The Morgan fingerprint density at radius 2 is 1.76 bits per heavy atom. The van der Waals surface area contributed by atoms with Crippen molar-refractivity contribution >= 4 is 23.0 Å². The van der Waals surface area contributed by atoms with E-state index in [9.17, 15) is 4.79 Å². The summed E-state index contributed by atoms with van der Waals surface area (Å²) in [7, 11) is 3.19. The number of aromatic nitrogens is 1. The van der Waals surface area contributed by atoms with E-state index in [1.54, 1.807) is 26.5 Å². The number of nitrogens with zero attached hydrogens (tertiary/aromatic N) is 1. The van der Waals surface area contributed by atoms with Crippen LogP contribution in [0.3, 0.4) is 0 Å². The molecule has 1 amide bonds. The van der Waals surface area contributed by atoms with Crippen LogP contribution in [0.1, 0.15) is 28.5 Å². The van der Waals surface area contributed by atoms with Crippen molar-refractivity contribution in [3.63, 3.8) is 0 Å². The molecule has 2 aromatic carbocycles. The van der Waals surface area contributed by atoms with Crippen molar-refractivity contribution in [2.75, 3.05) is 24.9 Å². The highest BCUT2D eigenvalue weighted by Gasteiger charge is 2.12. The summed E-state index contributed by atoms with van der Waals surface area (Å²) >= 11 is 0. The van der Waals surface area contributed by atoms with Gasteiger partial charge in [-0.2, -0.15) is 0 Å². The smallest absolute Gasteiger partial charge is 0.274 e. The molecule has 29 heavy (non-hydrogen) atoms. The van der Waals surface area contributed by atoms with E-state index in [0.717, 1.165) is 34.6 Å². The van der Waals surface area contributed by atoms with Crippen LogP contribution in [0.25, 0.3) is 0 Å². The van der Waals surface area contributed by atoms with Gasteiger partial charge in [-0.15, -0.1) is 0 Å². The number of aryl methyl sites for hydroxylation is 2. The number of ether oxygens (including phenoxy) is 2.